The fourth-order valence-corrected chi connectivity index (χ4v) is 2.48. The first-order valence-corrected chi connectivity index (χ1v) is 6.66. The Bertz CT molecular complexity index is 779. The molecule has 0 saturated heterocycles. The quantitative estimate of drug-likeness (QED) is 0.508. The zero-order valence-corrected chi connectivity index (χ0v) is 11.6. The number of nitrogens with one attached hydrogen (secondary N) is 1. The maximum absolute atomic E-state index is 12.2. The van der Waals surface area contributed by atoms with E-state index in [1.165, 1.54) is 6.08 Å². The van der Waals surface area contributed by atoms with Gasteiger partial charge in [0.2, 0.25) is 0 Å². The van der Waals surface area contributed by atoms with E-state index in [2.05, 4.69) is 5.32 Å². The Hall–Kier alpha value is -2.59. The summed E-state index contributed by atoms with van der Waals surface area (Å²) in [5, 5.41) is 3.12. The normalized spacial score (nSPS) is 14.9. The molecule has 1 aliphatic heterocycles. The van der Waals surface area contributed by atoms with Gasteiger partial charge in [0.15, 0.2) is 5.78 Å². The minimum atomic E-state index is -0.332. The van der Waals surface area contributed by atoms with Crippen LogP contribution < -0.4 is 11.1 Å². The number of carbonyl (C=O) groups excluding carboxylic acids is 2. The molecule has 21 heavy (non-hydrogen) atoms. The topological polar surface area (TPSA) is 72.2 Å². The van der Waals surface area contributed by atoms with Crippen molar-refractivity contribution >= 4 is 40.2 Å². The summed E-state index contributed by atoms with van der Waals surface area (Å²) in [6.45, 7) is 0. The molecule has 0 aromatic heterocycles. The lowest BCUT2D eigenvalue weighted by Gasteiger charge is -2.01. The predicted molar refractivity (Wildman–Crippen MR) is 83.2 cm³/mol. The van der Waals surface area contributed by atoms with Crippen LogP contribution in [-0.2, 0) is 4.79 Å². The molecule has 0 fully saturated rings. The van der Waals surface area contributed by atoms with Gasteiger partial charge in [-0.3, -0.25) is 9.59 Å². The second kappa shape index (κ2) is 5.07. The van der Waals surface area contributed by atoms with Gasteiger partial charge in [0, 0.05) is 16.8 Å². The number of nitrogens with two attached hydrogens (primary N) is 1. The van der Waals surface area contributed by atoms with E-state index in [9.17, 15) is 9.59 Å². The molecule has 0 atom stereocenters. The maximum atomic E-state index is 12.2. The summed E-state index contributed by atoms with van der Waals surface area (Å²) in [7, 11) is 0. The average molecular weight is 299 g/mol. The van der Waals surface area contributed by atoms with Crippen LogP contribution in [0.5, 0.6) is 0 Å². The summed E-state index contributed by atoms with van der Waals surface area (Å²) in [5.74, 6) is -0.602. The fourth-order valence-electron chi connectivity index (χ4n) is 2.20. The van der Waals surface area contributed by atoms with E-state index in [0.29, 0.717) is 27.5 Å². The van der Waals surface area contributed by atoms with E-state index in [1.807, 2.05) is 0 Å². The molecular formula is C16H11ClN2O2. The highest BCUT2D eigenvalue weighted by atomic mass is 35.5. The minimum absolute atomic E-state index is 0.270. The third kappa shape index (κ3) is 2.41. The number of benzene rings is 2. The zero-order chi connectivity index (χ0) is 15.0. The molecule has 0 spiro atoms. The predicted octanol–water partition coefficient (Wildman–Crippen LogP) is 3.14. The van der Waals surface area contributed by atoms with Gasteiger partial charge in [0.05, 0.1) is 16.3 Å². The zero-order valence-electron chi connectivity index (χ0n) is 10.9. The summed E-state index contributed by atoms with van der Waals surface area (Å²) in [6, 6.07) is 11.7. The number of nitrogen functional groups attached to an aromatic ring is 1. The van der Waals surface area contributed by atoms with Crippen molar-refractivity contribution in [2.75, 3.05) is 11.1 Å². The number of halogens is 1. The summed E-state index contributed by atoms with van der Waals surface area (Å²) in [4.78, 5) is 24.2. The van der Waals surface area contributed by atoms with E-state index in [-0.39, 0.29) is 17.3 Å². The molecule has 3 rings (SSSR count). The van der Waals surface area contributed by atoms with Crippen molar-refractivity contribution in [2.45, 2.75) is 0 Å². The Labute approximate surface area is 126 Å². The molecule has 0 unspecified atom stereocenters. The van der Waals surface area contributed by atoms with Crippen LogP contribution in [-0.4, -0.2) is 11.7 Å². The van der Waals surface area contributed by atoms with Gasteiger partial charge in [-0.05, 0) is 42.5 Å². The molecule has 0 bridgehead atoms. The van der Waals surface area contributed by atoms with Crippen molar-refractivity contribution in [2.24, 2.45) is 0 Å². The molecule has 0 radical (unpaired) electrons. The number of fused-ring (bicyclic) bond motifs is 1. The smallest absolute Gasteiger partial charge is 0.256 e. The van der Waals surface area contributed by atoms with Crippen LogP contribution in [0.1, 0.15) is 15.9 Å². The lowest BCUT2D eigenvalue weighted by Crippen LogP contribution is -2.06. The third-order valence-electron chi connectivity index (χ3n) is 3.25. The number of amides is 1. The Balaban J connectivity index is 2.03. The Morgan fingerprint density at radius 1 is 1.14 bits per heavy atom. The summed E-state index contributed by atoms with van der Waals surface area (Å²) < 4.78 is 0. The number of hydrogen-bond acceptors (Lipinski definition) is 3. The van der Waals surface area contributed by atoms with E-state index in [4.69, 9.17) is 17.3 Å². The Morgan fingerprint density at radius 2 is 1.86 bits per heavy atom. The van der Waals surface area contributed by atoms with Crippen LogP contribution in [0.3, 0.4) is 0 Å². The van der Waals surface area contributed by atoms with Crippen LogP contribution >= 0.6 is 11.6 Å². The van der Waals surface area contributed by atoms with Crippen LogP contribution in [0.4, 0.5) is 11.4 Å². The van der Waals surface area contributed by atoms with Crippen molar-refractivity contribution in [3.63, 3.8) is 0 Å². The number of ketones is 1. The molecule has 2 aromatic rings. The molecule has 1 amide bonds. The molecule has 104 valence electrons. The number of anilines is 2. The summed E-state index contributed by atoms with van der Waals surface area (Å²) >= 11 is 6.12. The number of rotatable bonds is 2. The molecule has 1 heterocycles. The van der Waals surface area contributed by atoms with Crippen molar-refractivity contribution in [1.82, 2.24) is 0 Å². The first-order valence-electron chi connectivity index (χ1n) is 6.28. The molecule has 3 N–H and O–H groups in total. The lowest BCUT2D eigenvalue weighted by molar-refractivity contribution is -0.110. The Morgan fingerprint density at radius 3 is 2.57 bits per heavy atom. The summed E-state index contributed by atoms with van der Waals surface area (Å²) in [5.41, 5.74) is 8.08. The van der Waals surface area contributed by atoms with E-state index < -0.39 is 0 Å². The highest BCUT2D eigenvalue weighted by Gasteiger charge is 2.27. The van der Waals surface area contributed by atoms with E-state index in [0.717, 1.165) is 0 Å². The van der Waals surface area contributed by atoms with Crippen molar-refractivity contribution < 1.29 is 9.59 Å². The standard InChI is InChI=1S/C16H11ClN2O2/c17-12-2-1-3-13-15(12)11(16(21)19-13)8-14(20)9-4-6-10(18)7-5-9/h1-8H,18H2,(H,19,21). The van der Waals surface area contributed by atoms with Gasteiger partial charge in [0.25, 0.3) is 5.91 Å². The highest BCUT2D eigenvalue weighted by molar-refractivity contribution is 6.41. The monoisotopic (exact) mass is 298 g/mol. The number of carbonyl (C=O) groups is 2. The molecule has 4 nitrogen and oxygen atoms in total. The second-order valence-corrected chi connectivity index (χ2v) is 5.07. The van der Waals surface area contributed by atoms with Crippen molar-refractivity contribution in [1.29, 1.82) is 0 Å². The van der Waals surface area contributed by atoms with Crippen LogP contribution in [0, 0.1) is 0 Å². The van der Waals surface area contributed by atoms with E-state index in [1.54, 1.807) is 42.5 Å². The van der Waals surface area contributed by atoms with Gasteiger partial charge in [-0.25, -0.2) is 0 Å². The van der Waals surface area contributed by atoms with Gasteiger partial charge >= 0.3 is 0 Å². The van der Waals surface area contributed by atoms with Gasteiger partial charge in [-0.1, -0.05) is 17.7 Å². The number of allylic oxidation sites excluding steroid dienone is 1. The molecular weight excluding hydrogens is 288 g/mol. The van der Waals surface area contributed by atoms with Gasteiger partial charge in [0.1, 0.15) is 0 Å². The molecule has 0 aliphatic carbocycles. The van der Waals surface area contributed by atoms with Crippen LogP contribution in [0.15, 0.2) is 48.5 Å². The maximum Gasteiger partial charge on any atom is 0.256 e. The van der Waals surface area contributed by atoms with Crippen molar-refractivity contribution in [3.8, 4) is 0 Å². The summed E-state index contributed by atoms with van der Waals surface area (Å²) in [6.07, 6.45) is 1.30. The Kier molecular flexibility index (Phi) is 3.23. The minimum Gasteiger partial charge on any atom is -0.399 e. The van der Waals surface area contributed by atoms with Gasteiger partial charge in [-0.15, -0.1) is 0 Å². The highest BCUT2D eigenvalue weighted by Crippen LogP contribution is 2.37. The van der Waals surface area contributed by atoms with E-state index >= 15 is 0 Å². The molecule has 2 aromatic carbocycles. The first-order chi connectivity index (χ1) is 10.1. The lowest BCUT2D eigenvalue weighted by atomic mass is 10.0. The van der Waals surface area contributed by atoms with Gasteiger partial charge in [-0.2, -0.15) is 0 Å². The SMILES string of the molecule is Nc1ccc(C(=O)C=C2C(=O)Nc3cccc(Cl)c32)cc1. The fraction of sp³-hybridized carbons (Fsp3) is 0. The second-order valence-electron chi connectivity index (χ2n) is 4.66. The molecule has 5 heteroatoms. The van der Waals surface area contributed by atoms with Gasteiger partial charge < -0.3 is 11.1 Å². The average Bonchev–Trinajstić information content (AvgIpc) is 2.77. The van der Waals surface area contributed by atoms with Crippen LogP contribution in [0.2, 0.25) is 5.02 Å². The molecule has 1 aliphatic rings. The van der Waals surface area contributed by atoms with Crippen molar-refractivity contribution in [3.05, 3.63) is 64.7 Å². The first kappa shape index (κ1) is 13.4. The molecule has 0 saturated carbocycles. The van der Waals surface area contributed by atoms with Crippen LogP contribution in [0.25, 0.3) is 5.57 Å². The largest absolute Gasteiger partial charge is 0.399 e. The third-order valence-corrected chi connectivity index (χ3v) is 3.56. The number of hydrogen-bond donors (Lipinski definition) is 2.